The van der Waals surface area contributed by atoms with Gasteiger partial charge in [-0.1, -0.05) is 0 Å². The zero-order valence-electron chi connectivity index (χ0n) is 15.3. The first kappa shape index (κ1) is 16.9. The summed E-state index contributed by atoms with van der Waals surface area (Å²) >= 11 is 1.48. The second-order valence-corrected chi connectivity index (χ2v) is 8.38. The summed E-state index contributed by atoms with van der Waals surface area (Å²) in [4.78, 5) is 0. The van der Waals surface area contributed by atoms with Gasteiger partial charge in [-0.15, -0.1) is 0 Å². The van der Waals surface area contributed by atoms with Crippen molar-refractivity contribution < 1.29 is 24.7 Å². The third kappa shape index (κ3) is 2.68. The van der Waals surface area contributed by atoms with Crippen molar-refractivity contribution >= 4 is 14.4 Å². The zero-order valence-corrected chi connectivity index (χ0v) is 17.7. The van der Waals surface area contributed by atoms with Crippen LogP contribution in [0, 0.1) is 10.4 Å². The molecular weight excluding hydrogens is 404 g/mol. The Morgan fingerprint density at radius 3 is 2.26 bits per heavy atom. The fraction of sp³-hybridized carbons (Fsp3) is 0.0769. The maximum absolute atomic E-state index is 2.33. The second kappa shape index (κ2) is 6.73. The molecule has 0 nitrogen and oxygen atoms in total. The van der Waals surface area contributed by atoms with Crippen molar-refractivity contribution in [1.82, 2.24) is 0 Å². The minimum absolute atomic E-state index is 1.02. The predicted molar refractivity (Wildman–Crippen MR) is 109 cm³/mol. The summed E-state index contributed by atoms with van der Waals surface area (Å²) in [5.41, 5.74) is 6.97. The Morgan fingerprint density at radius 2 is 1.52 bits per heavy atom. The van der Waals surface area contributed by atoms with Crippen molar-refractivity contribution in [2.24, 2.45) is 0 Å². The number of hydrogen-bond donors (Lipinski definition) is 0. The van der Waals surface area contributed by atoms with E-state index in [0.717, 1.165) is 6.42 Å². The van der Waals surface area contributed by atoms with Crippen LogP contribution in [-0.4, -0.2) is 0 Å². The van der Waals surface area contributed by atoms with Crippen LogP contribution in [0.4, 0.5) is 0 Å². The van der Waals surface area contributed by atoms with Gasteiger partial charge in [0.25, 0.3) is 0 Å². The van der Waals surface area contributed by atoms with Gasteiger partial charge in [-0.3, -0.25) is 0 Å². The molecule has 0 N–H and O–H groups in total. The molecule has 0 aromatic heterocycles. The number of hydrogen-bond acceptors (Lipinski definition) is 0. The van der Waals surface area contributed by atoms with Gasteiger partial charge in [0.15, 0.2) is 0 Å². The normalized spacial score (nSPS) is 15.4. The number of allylic oxidation sites excluding steroid dienone is 4. The third-order valence-corrected chi connectivity index (χ3v) is 6.92. The molecule has 2 aliphatic carbocycles. The van der Waals surface area contributed by atoms with Crippen LogP contribution in [0.15, 0.2) is 85.0 Å². The molecule has 0 aliphatic heterocycles. The van der Waals surface area contributed by atoms with Crippen molar-refractivity contribution in [1.29, 1.82) is 0 Å². The minimum atomic E-state index is 1.02. The fourth-order valence-electron chi connectivity index (χ4n) is 4.28. The van der Waals surface area contributed by atoms with E-state index in [1.54, 1.807) is 0 Å². The van der Waals surface area contributed by atoms with Crippen LogP contribution in [0.2, 0.25) is 0 Å². The van der Waals surface area contributed by atoms with Crippen LogP contribution in [0.1, 0.15) is 30.0 Å². The Bertz CT molecular complexity index is 1340. The summed E-state index contributed by atoms with van der Waals surface area (Å²) < 4.78 is 1.48. The summed E-state index contributed by atoms with van der Waals surface area (Å²) in [6, 6.07) is 24.3. The molecule has 0 saturated carbocycles. The molecule has 0 radical (unpaired) electrons. The van der Waals surface area contributed by atoms with Crippen LogP contribution in [0.25, 0.3) is 14.4 Å². The van der Waals surface area contributed by atoms with E-state index in [2.05, 4.69) is 91.9 Å². The molecule has 1 heteroatoms. The molecule has 0 bridgehead atoms. The van der Waals surface area contributed by atoms with Gasteiger partial charge in [0.1, 0.15) is 0 Å². The molecule has 127 valence electrons. The number of rotatable bonds is 2. The van der Waals surface area contributed by atoms with Crippen LogP contribution in [0.5, 0.6) is 0 Å². The first-order valence-corrected chi connectivity index (χ1v) is 10.6. The number of benzene rings is 3. The second-order valence-electron chi connectivity index (χ2n) is 7.15. The molecule has 0 heterocycles. The average molecular weight is 423 g/mol. The maximum atomic E-state index is 2.33. The third-order valence-electron chi connectivity index (χ3n) is 5.65. The standard InChI is InChI=1S/C26H19.Zr/c1-18(19-9-3-2-4-10-19)22-15-16-24-23-14-8-7-13-21(23)17-25(24)26(22)20-11-5-6-12-20;/h2-11,13-16H,12H2,1H3;. The average Bonchev–Trinajstić information content (AvgIpc) is 3.35. The predicted octanol–water partition coefficient (Wildman–Crippen LogP) is 4.55. The Morgan fingerprint density at radius 1 is 0.778 bits per heavy atom. The van der Waals surface area contributed by atoms with Crippen LogP contribution in [0.3, 0.4) is 0 Å². The SMILES string of the molecule is CC(c1ccccc1)=c1ccc2c(c1C1=CC=CC1)[C]([Zr])=c1ccccc1=2. The molecule has 0 unspecified atom stereocenters. The topological polar surface area (TPSA) is 0 Å². The number of fused-ring (bicyclic) bond motifs is 2. The van der Waals surface area contributed by atoms with Gasteiger partial charge in [-0.05, 0) is 0 Å². The van der Waals surface area contributed by atoms with E-state index in [1.807, 2.05) is 0 Å². The molecule has 0 fully saturated rings. The van der Waals surface area contributed by atoms with Crippen LogP contribution in [-0.2, 0) is 24.7 Å². The Kier molecular flexibility index (Phi) is 4.22. The first-order valence-electron chi connectivity index (χ1n) is 9.37. The zero-order chi connectivity index (χ0) is 18.4. The molecule has 2 aliphatic rings. The van der Waals surface area contributed by atoms with Crippen molar-refractivity contribution in [3.05, 3.63) is 123 Å². The monoisotopic (exact) mass is 421 g/mol. The summed E-state index contributed by atoms with van der Waals surface area (Å²) in [6.07, 6.45) is 7.78. The molecule has 3 aromatic carbocycles. The van der Waals surface area contributed by atoms with E-state index in [4.69, 9.17) is 0 Å². The molecule has 0 spiro atoms. The first-order chi connectivity index (χ1) is 13.3. The molecule has 3 aromatic rings. The van der Waals surface area contributed by atoms with Gasteiger partial charge >= 0.3 is 175 Å². The van der Waals surface area contributed by atoms with E-state index < -0.39 is 0 Å². The van der Waals surface area contributed by atoms with Gasteiger partial charge in [0, 0.05) is 0 Å². The summed E-state index contributed by atoms with van der Waals surface area (Å²) in [7, 11) is 0. The molecule has 5 rings (SSSR count). The van der Waals surface area contributed by atoms with E-state index in [-0.39, 0.29) is 0 Å². The summed E-state index contributed by atoms with van der Waals surface area (Å²) in [5, 5.41) is 5.55. The molecule has 0 saturated heterocycles. The Hall–Kier alpha value is -2.24. The molecule has 0 amide bonds. The van der Waals surface area contributed by atoms with Crippen molar-refractivity contribution in [2.75, 3.05) is 0 Å². The van der Waals surface area contributed by atoms with Crippen molar-refractivity contribution in [3.8, 4) is 0 Å². The van der Waals surface area contributed by atoms with E-state index in [9.17, 15) is 0 Å². The fourth-order valence-corrected chi connectivity index (χ4v) is 5.45. The molecule has 27 heavy (non-hydrogen) atoms. The summed E-state index contributed by atoms with van der Waals surface area (Å²) in [5.74, 6) is 0. The van der Waals surface area contributed by atoms with Crippen molar-refractivity contribution in [3.63, 3.8) is 0 Å². The quantitative estimate of drug-likeness (QED) is 0.568. The van der Waals surface area contributed by atoms with E-state index in [1.165, 1.54) is 76.7 Å². The van der Waals surface area contributed by atoms with Gasteiger partial charge in [0.2, 0.25) is 0 Å². The van der Waals surface area contributed by atoms with Crippen molar-refractivity contribution in [2.45, 2.75) is 13.3 Å². The van der Waals surface area contributed by atoms with Gasteiger partial charge < -0.3 is 0 Å². The Labute approximate surface area is 174 Å². The molecular formula is C26H19Zr. The summed E-state index contributed by atoms with van der Waals surface area (Å²) in [6.45, 7) is 2.26. The van der Waals surface area contributed by atoms with Crippen LogP contribution < -0.4 is 10.4 Å². The molecule has 0 atom stereocenters. The van der Waals surface area contributed by atoms with Gasteiger partial charge in [0.05, 0.1) is 0 Å². The Balaban J connectivity index is 1.96. The van der Waals surface area contributed by atoms with E-state index >= 15 is 0 Å². The van der Waals surface area contributed by atoms with E-state index in [0.29, 0.717) is 0 Å². The van der Waals surface area contributed by atoms with Gasteiger partial charge in [-0.2, -0.15) is 0 Å². The van der Waals surface area contributed by atoms with Crippen LogP contribution >= 0.6 is 0 Å². The van der Waals surface area contributed by atoms with Gasteiger partial charge in [-0.25, -0.2) is 0 Å².